The molecular weight excluding hydrogens is 383 g/mol. The average Bonchev–Trinajstić information content (AvgIpc) is 2.72. The molecule has 0 aromatic heterocycles. The number of amides is 1. The Morgan fingerprint density at radius 2 is 2.00 bits per heavy atom. The van der Waals surface area contributed by atoms with E-state index in [4.69, 9.17) is 9.47 Å². The number of benzene rings is 2. The normalized spacial score (nSPS) is 16.3. The van der Waals surface area contributed by atoms with Crippen molar-refractivity contribution in [2.75, 3.05) is 18.5 Å². The zero-order valence-electron chi connectivity index (χ0n) is 17.7. The van der Waals surface area contributed by atoms with Gasteiger partial charge in [-0.15, -0.1) is 0 Å². The maximum atomic E-state index is 13.2. The fourth-order valence-corrected chi connectivity index (χ4v) is 3.30. The van der Waals surface area contributed by atoms with Gasteiger partial charge >= 0.3 is 6.09 Å². The maximum Gasteiger partial charge on any atom is 0.407 e. The topological polar surface area (TPSA) is 59.6 Å². The standard InChI is InChI=1S/C24H29FN2O3/c1-24(2,3)30-23(28)26-15-17(14-25)16-29-20-10-12-22-19(13-20)9-11-21(27-22)18-7-5-4-6-8-18/h4-8,10,12-14,21,27H,9,11,15-16H2,1-3H3,(H,26,28)/b17-14+. The van der Waals surface area contributed by atoms with Gasteiger partial charge in [0.15, 0.2) is 0 Å². The summed E-state index contributed by atoms with van der Waals surface area (Å²) >= 11 is 0. The van der Waals surface area contributed by atoms with Crippen LogP contribution in [0.5, 0.6) is 5.75 Å². The molecular formula is C24H29FN2O3. The van der Waals surface area contributed by atoms with Gasteiger partial charge < -0.3 is 20.1 Å². The van der Waals surface area contributed by atoms with E-state index in [1.807, 2.05) is 24.3 Å². The van der Waals surface area contributed by atoms with Gasteiger partial charge in [-0.2, -0.15) is 0 Å². The van der Waals surface area contributed by atoms with E-state index < -0.39 is 11.7 Å². The first-order valence-electron chi connectivity index (χ1n) is 10.2. The Morgan fingerprint density at radius 1 is 1.23 bits per heavy atom. The number of nitrogens with one attached hydrogen (secondary N) is 2. The van der Waals surface area contributed by atoms with Gasteiger partial charge in [0.25, 0.3) is 0 Å². The van der Waals surface area contributed by atoms with E-state index in [1.54, 1.807) is 20.8 Å². The third-order valence-corrected chi connectivity index (χ3v) is 4.75. The van der Waals surface area contributed by atoms with Crippen LogP contribution in [0.3, 0.4) is 0 Å². The molecule has 1 heterocycles. The lowest BCUT2D eigenvalue weighted by Gasteiger charge is -2.28. The smallest absolute Gasteiger partial charge is 0.407 e. The van der Waals surface area contributed by atoms with Crippen LogP contribution in [-0.2, 0) is 11.2 Å². The summed E-state index contributed by atoms with van der Waals surface area (Å²) in [5.74, 6) is 0.672. The summed E-state index contributed by atoms with van der Waals surface area (Å²) in [5, 5.41) is 6.12. The number of halogens is 1. The minimum atomic E-state index is -0.600. The Balaban J connectivity index is 1.52. The van der Waals surface area contributed by atoms with Gasteiger partial charge in [0.05, 0.1) is 12.4 Å². The molecule has 30 heavy (non-hydrogen) atoms. The Morgan fingerprint density at radius 3 is 2.70 bits per heavy atom. The Labute approximate surface area is 177 Å². The second-order valence-corrected chi connectivity index (χ2v) is 8.38. The molecule has 2 N–H and O–H groups in total. The first-order valence-corrected chi connectivity index (χ1v) is 10.2. The fraction of sp³-hybridized carbons (Fsp3) is 0.375. The van der Waals surface area contributed by atoms with Crippen LogP contribution >= 0.6 is 0 Å². The highest BCUT2D eigenvalue weighted by molar-refractivity contribution is 5.68. The lowest BCUT2D eigenvalue weighted by molar-refractivity contribution is 0.0531. The summed E-state index contributed by atoms with van der Waals surface area (Å²) in [5.41, 5.74) is 3.27. The molecule has 0 spiro atoms. The van der Waals surface area contributed by atoms with Crippen LogP contribution in [0.15, 0.2) is 60.4 Å². The van der Waals surface area contributed by atoms with Crippen LogP contribution in [0.4, 0.5) is 14.9 Å². The number of anilines is 1. The highest BCUT2D eigenvalue weighted by Gasteiger charge is 2.20. The van der Waals surface area contributed by atoms with Crippen molar-refractivity contribution in [3.05, 3.63) is 71.6 Å². The van der Waals surface area contributed by atoms with Crippen molar-refractivity contribution < 1.29 is 18.7 Å². The predicted molar refractivity (Wildman–Crippen MR) is 116 cm³/mol. The first-order chi connectivity index (χ1) is 14.3. The van der Waals surface area contributed by atoms with Crippen molar-refractivity contribution in [2.24, 2.45) is 0 Å². The molecule has 0 aliphatic carbocycles. The van der Waals surface area contributed by atoms with Crippen LogP contribution in [0, 0.1) is 0 Å². The largest absolute Gasteiger partial charge is 0.489 e. The summed E-state index contributed by atoms with van der Waals surface area (Å²) in [4.78, 5) is 11.7. The van der Waals surface area contributed by atoms with E-state index in [9.17, 15) is 9.18 Å². The molecule has 6 heteroatoms. The predicted octanol–water partition coefficient (Wildman–Crippen LogP) is 5.54. The third kappa shape index (κ3) is 6.24. The van der Waals surface area contributed by atoms with Crippen LogP contribution in [-0.4, -0.2) is 24.8 Å². The minimum absolute atomic E-state index is 0.0245. The molecule has 2 aromatic rings. The zero-order valence-corrected chi connectivity index (χ0v) is 17.7. The number of hydrogen-bond donors (Lipinski definition) is 2. The van der Waals surface area contributed by atoms with Crippen molar-refractivity contribution in [3.8, 4) is 5.75 Å². The number of alkyl carbamates (subject to hydrolysis) is 1. The minimum Gasteiger partial charge on any atom is -0.489 e. The first kappa shape index (κ1) is 21.7. The summed E-state index contributed by atoms with van der Waals surface area (Å²) in [6.07, 6.45) is 1.80. The molecule has 160 valence electrons. The van der Waals surface area contributed by atoms with E-state index >= 15 is 0 Å². The van der Waals surface area contributed by atoms with Crippen LogP contribution in [0.2, 0.25) is 0 Å². The quantitative estimate of drug-likeness (QED) is 0.654. The monoisotopic (exact) mass is 412 g/mol. The molecule has 1 atom stereocenters. The fourth-order valence-electron chi connectivity index (χ4n) is 3.30. The summed E-state index contributed by atoms with van der Waals surface area (Å²) < 4.78 is 24.1. The van der Waals surface area contributed by atoms with Gasteiger partial charge in [0, 0.05) is 17.8 Å². The lowest BCUT2D eigenvalue weighted by Crippen LogP contribution is -2.34. The molecule has 0 fully saturated rings. The van der Waals surface area contributed by atoms with Crippen LogP contribution in [0.25, 0.3) is 0 Å². The van der Waals surface area contributed by atoms with Gasteiger partial charge in [-0.25, -0.2) is 9.18 Å². The number of ether oxygens (including phenoxy) is 2. The molecule has 1 aliphatic heterocycles. The SMILES string of the molecule is CC(C)(C)OC(=O)NC/C(=C\F)COc1ccc2c(c1)CCC(c1ccccc1)N2. The Kier molecular flexibility index (Phi) is 6.98. The number of rotatable bonds is 6. The molecule has 0 saturated carbocycles. The molecule has 0 bridgehead atoms. The second-order valence-electron chi connectivity index (χ2n) is 8.38. The van der Waals surface area contributed by atoms with Gasteiger partial charge in [0.1, 0.15) is 18.0 Å². The average molecular weight is 413 g/mol. The van der Waals surface area contributed by atoms with E-state index in [0.717, 1.165) is 18.5 Å². The second kappa shape index (κ2) is 9.65. The van der Waals surface area contributed by atoms with E-state index in [0.29, 0.717) is 23.7 Å². The molecule has 3 rings (SSSR count). The van der Waals surface area contributed by atoms with Crippen LogP contribution in [0.1, 0.15) is 44.4 Å². The Bertz CT molecular complexity index is 891. The Hall–Kier alpha value is -3.02. The van der Waals surface area contributed by atoms with Crippen molar-refractivity contribution in [1.82, 2.24) is 5.32 Å². The van der Waals surface area contributed by atoms with Gasteiger partial charge in [-0.05, 0) is 62.9 Å². The van der Waals surface area contributed by atoms with Gasteiger partial charge in [-0.3, -0.25) is 0 Å². The molecule has 0 radical (unpaired) electrons. The molecule has 0 saturated heterocycles. The number of carbonyl (C=O) groups is 1. The number of carbonyl (C=O) groups excluding carboxylic acids is 1. The summed E-state index contributed by atoms with van der Waals surface area (Å²) in [7, 11) is 0. The molecule has 2 aromatic carbocycles. The highest BCUT2D eigenvalue weighted by atomic mass is 19.1. The van der Waals surface area contributed by atoms with Crippen LogP contribution < -0.4 is 15.4 Å². The van der Waals surface area contributed by atoms with Crippen molar-refractivity contribution in [2.45, 2.75) is 45.3 Å². The van der Waals surface area contributed by atoms with Crippen molar-refractivity contribution >= 4 is 11.8 Å². The van der Waals surface area contributed by atoms with Crippen molar-refractivity contribution in [1.29, 1.82) is 0 Å². The van der Waals surface area contributed by atoms with Gasteiger partial charge in [0.2, 0.25) is 0 Å². The van der Waals surface area contributed by atoms with E-state index in [-0.39, 0.29) is 13.2 Å². The van der Waals surface area contributed by atoms with Crippen molar-refractivity contribution in [3.63, 3.8) is 0 Å². The lowest BCUT2D eigenvalue weighted by atomic mass is 9.93. The van der Waals surface area contributed by atoms with E-state index in [2.05, 4.69) is 34.9 Å². The summed E-state index contributed by atoms with van der Waals surface area (Å²) in [6.45, 7) is 5.39. The number of aryl methyl sites for hydroxylation is 1. The number of hydrogen-bond acceptors (Lipinski definition) is 4. The van der Waals surface area contributed by atoms with Gasteiger partial charge in [-0.1, -0.05) is 30.3 Å². The molecule has 1 amide bonds. The van der Waals surface area contributed by atoms with E-state index in [1.165, 1.54) is 11.1 Å². The summed E-state index contributed by atoms with van der Waals surface area (Å²) in [6, 6.07) is 16.5. The molecule has 1 unspecified atom stereocenters. The third-order valence-electron chi connectivity index (χ3n) is 4.75. The highest BCUT2D eigenvalue weighted by Crippen LogP contribution is 2.34. The zero-order chi connectivity index (χ0) is 21.6. The number of fused-ring (bicyclic) bond motifs is 1. The molecule has 5 nitrogen and oxygen atoms in total. The molecule has 1 aliphatic rings. The maximum absolute atomic E-state index is 13.2.